The minimum atomic E-state index is -0.0757. The highest BCUT2D eigenvalue weighted by atomic mass is 79.9. The van der Waals surface area contributed by atoms with E-state index in [4.69, 9.17) is 0 Å². The molecule has 0 aliphatic heterocycles. The standard InChI is InChI=1S/C16H16BrNO/c1-12-2-6-14(7-3-12)16(19)18-15-8-4-13(5-9-15)10-11-17/h2-9H,10-11H2,1H3,(H,18,19). The lowest BCUT2D eigenvalue weighted by Gasteiger charge is -2.06. The molecule has 0 saturated heterocycles. The lowest BCUT2D eigenvalue weighted by atomic mass is 10.1. The quantitative estimate of drug-likeness (QED) is 0.842. The van der Waals surface area contributed by atoms with E-state index in [1.165, 1.54) is 5.56 Å². The van der Waals surface area contributed by atoms with Gasteiger partial charge in [-0.05, 0) is 43.2 Å². The maximum absolute atomic E-state index is 12.0. The van der Waals surface area contributed by atoms with Gasteiger partial charge < -0.3 is 5.32 Å². The Balaban J connectivity index is 2.04. The van der Waals surface area contributed by atoms with Crippen LogP contribution in [0.1, 0.15) is 21.5 Å². The van der Waals surface area contributed by atoms with Crippen LogP contribution in [0.4, 0.5) is 5.69 Å². The Morgan fingerprint density at radius 1 is 1.05 bits per heavy atom. The topological polar surface area (TPSA) is 29.1 Å². The Morgan fingerprint density at radius 3 is 2.26 bits per heavy atom. The maximum Gasteiger partial charge on any atom is 0.255 e. The van der Waals surface area contributed by atoms with E-state index in [9.17, 15) is 4.79 Å². The molecule has 3 heteroatoms. The van der Waals surface area contributed by atoms with Crippen molar-refractivity contribution in [3.8, 4) is 0 Å². The number of rotatable bonds is 4. The first-order valence-corrected chi connectivity index (χ1v) is 7.34. The fourth-order valence-electron chi connectivity index (χ4n) is 1.77. The van der Waals surface area contributed by atoms with Crippen LogP contribution in [0, 0.1) is 6.92 Å². The van der Waals surface area contributed by atoms with E-state index in [0.29, 0.717) is 5.56 Å². The number of hydrogen-bond acceptors (Lipinski definition) is 1. The number of carbonyl (C=O) groups excluding carboxylic acids is 1. The number of benzene rings is 2. The molecular formula is C16H16BrNO. The molecule has 0 saturated carbocycles. The zero-order chi connectivity index (χ0) is 13.7. The molecule has 1 amide bonds. The maximum atomic E-state index is 12.0. The molecule has 0 heterocycles. The van der Waals surface area contributed by atoms with E-state index in [-0.39, 0.29) is 5.91 Å². The van der Waals surface area contributed by atoms with Crippen LogP contribution < -0.4 is 5.32 Å². The molecule has 2 rings (SSSR count). The largest absolute Gasteiger partial charge is 0.322 e. The average molecular weight is 318 g/mol. The summed E-state index contributed by atoms with van der Waals surface area (Å²) < 4.78 is 0. The molecule has 2 nitrogen and oxygen atoms in total. The molecule has 0 atom stereocenters. The molecule has 2 aromatic rings. The highest BCUT2D eigenvalue weighted by Crippen LogP contribution is 2.12. The van der Waals surface area contributed by atoms with E-state index in [0.717, 1.165) is 23.0 Å². The molecule has 0 radical (unpaired) electrons. The van der Waals surface area contributed by atoms with Crippen molar-refractivity contribution in [2.45, 2.75) is 13.3 Å². The number of hydrogen-bond donors (Lipinski definition) is 1. The summed E-state index contributed by atoms with van der Waals surface area (Å²) in [5.41, 5.74) is 3.90. The van der Waals surface area contributed by atoms with Crippen LogP contribution in [0.3, 0.4) is 0 Å². The second kappa shape index (κ2) is 6.53. The molecule has 0 unspecified atom stereocenters. The number of alkyl halides is 1. The molecule has 98 valence electrons. The molecule has 2 aromatic carbocycles. The van der Waals surface area contributed by atoms with Crippen molar-refractivity contribution in [1.29, 1.82) is 0 Å². The lowest BCUT2D eigenvalue weighted by molar-refractivity contribution is 0.102. The molecule has 0 spiro atoms. The third-order valence-electron chi connectivity index (χ3n) is 2.91. The number of nitrogens with one attached hydrogen (secondary N) is 1. The van der Waals surface area contributed by atoms with Crippen molar-refractivity contribution < 1.29 is 4.79 Å². The number of anilines is 1. The van der Waals surface area contributed by atoms with Crippen LogP contribution in [0.25, 0.3) is 0 Å². The summed E-state index contributed by atoms with van der Waals surface area (Å²) in [6, 6.07) is 15.5. The van der Waals surface area contributed by atoms with Gasteiger partial charge in [0.05, 0.1) is 0 Å². The monoisotopic (exact) mass is 317 g/mol. The van der Waals surface area contributed by atoms with Crippen LogP contribution >= 0.6 is 15.9 Å². The SMILES string of the molecule is Cc1ccc(C(=O)Nc2ccc(CCBr)cc2)cc1. The van der Waals surface area contributed by atoms with Crippen LogP contribution in [-0.4, -0.2) is 11.2 Å². The first kappa shape index (κ1) is 13.8. The Morgan fingerprint density at radius 2 is 1.68 bits per heavy atom. The number of carbonyl (C=O) groups is 1. The zero-order valence-electron chi connectivity index (χ0n) is 10.8. The van der Waals surface area contributed by atoms with E-state index in [2.05, 4.69) is 21.2 Å². The summed E-state index contributed by atoms with van der Waals surface area (Å²) in [4.78, 5) is 12.0. The van der Waals surface area contributed by atoms with Gasteiger partial charge in [-0.1, -0.05) is 45.8 Å². The van der Waals surface area contributed by atoms with Crippen molar-refractivity contribution in [2.75, 3.05) is 10.6 Å². The van der Waals surface area contributed by atoms with Crippen molar-refractivity contribution in [3.63, 3.8) is 0 Å². The van der Waals surface area contributed by atoms with Gasteiger partial charge in [0.15, 0.2) is 0 Å². The predicted octanol–water partition coefficient (Wildman–Crippen LogP) is 4.18. The fraction of sp³-hybridized carbons (Fsp3) is 0.188. The van der Waals surface area contributed by atoms with Gasteiger partial charge in [-0.3, -0.25) is 4.79 Å². The summed E-state index contributed by atoms with van der Waals surface area (Å²) in [7, 11) is 0. The summed E-state index contributed by atoms with van der Waals surface area (Å²) in [5.74, 6) is -0.0757. The Labute approximate surface area is 122 Å². The van der Waals surface area contributed by atoms with Crippen LogP contribution in [0.2, 0.25) is 0 Å². The third-order valence-corrected chi connectivity index (χ3v) is 3.31. The number of halogens is 1. The highest BCUT2D eigenvalue weighted by Gasteiger charge is 2.05. The zero-order valence-corrected chi connectivity index (χ0v) is 12.4. The minimum Gasteiger partial charge on any atom is -0.322 e. The van der Waals surface area contributed by atoms with Crippen molar-refractivity contribution in [2.24, 2.45) is 0 Å². The second-order valence-corrected chi connectivity index (χ2v) is 5.25. The van der Waals surface area contributed by atoms with Crippen molar-refractivity contribution in [1.82, 2.24) is 0 Å². The van der Waals surface area contributed by atoms with Gasteiger partial charge in [-0.15, -0.1) is 0 Å². The van der Waals surface area contributed by atoms with Gasteiger partial charge in [0, 0.05) is 16.6 Å². The van der Waals surface area contributed by atoms with E-state index >= 15 is 0 Å². The highest BCUT2D eigenvalue weighted by molar-refractivity contribution is 9.09. The van der Waals surface area contributed by atoms with Gasteiger partial charge in [0.1, 0.15) is 0 Å². The molecule has 0 aliphatic carbocycles. The summed E-state index contributed by atoms with van der Waals surface area (Å²) in [6.07, 6.45) is 0.992. The first-order chi connectivity index (χ1) is 9.19. The van der Waals surface area contributed by atoms with E-state index in [1.54, 1.807) is 0 Å². The predicted molar refractivity (Wildman–Crippen MR) is 83.1 cm³/mol. The Bertz CT molecular complexity index is 546. The second-order valence-electron chi connectivity index (χ2n) is 4.46. The number of amides is 1. The van der Waals surface area contributed by atoms with Gasteiger partial charge in [0.2, 0.25) is 0 Å². The van der Waals surface area contributed by atoms with Gasteiger partial charge >= 0.3 is 0 Å². The van der Waals surface area contributed by atoms with E-state index in [1.807, 2.05) is 55.5 Å². The smallest absolute Gasteiger partial charge is 0.255 e. The van der Waals surface area contributed by atoms with Crippen LogP contribution in [-0.2, 0) is 6.42 Å². The van der Waals surface area contributed by atoms with Crippen LogP contribution in [0.15, 0.2) is 48.5 Å². The Hall–Kier alpha value is -1.61. The molecule has 0 bridgehead atoms. The Kier molecular flexibility index (Phi) is 4.74. The molecule has 0 aromatic heterocycles. The summed E-state index contributed by atoms with van der Waals surface area (Å²) in [6.45, 7) is 2.00. The molecule has 19 heavy (non-hydrogen) atoms. The van der Waals surface area contributed by atoms with Gasteiger partial charge in [-0.25, -0.2) is 0 Å². The van der Waals surface area contributed by atoms with E-state index < -0.39 is 0 Å². The van der Waals surface area contributed by atoms with Gasteiger partial charge in [0.25, 0.3) is 5.91 Å². The fourth-order valence-corrected chi connectivity index (χ4v) is 2.23. The average Bonchev–Trinajstić information content (AvgIpc) is 2.42. The third kappa shape index (κ3) is 3.93. The normalized spacial score (nSPS) is 10.2. The number of aryl methyl sites for hydroxylation is 2. The van der Waals surface area contributed by atoms with Gasteiger partial charge in [-0.2, -0.15) is 0 Å². The lowest BCUT2D eigenvalue weighted by Crippen LogP contribution is -2.11. The molecule has 1 N–H and O–H groups in total. The van der Waals surface area contributed by atoms with Crippen LogP contribution in [0.5, 0.6) is 0 Å². The molecule has 0 aliphatic rings. The van der Waals surface area contributed by atoms with Crippen molar-refractivity contribution >= 4 is 27.5 Å². The molecule has 0 fully saturated rings. The first-order valence-electron chi connectivity index (χ1n) is 6.22. The summed E-state index contributed by atoms with van der Waals surface area (Å²) >= 11 is 3.41. The molecular weight excluding hydrogens is 302 g/mol. The minimum absolute atomic E-state index is 0.0757. The van der Waals surface area contributed by atoms with Crippen molar-refractivity contribution in [3.05, 3.63) is 65.2 Å². The summed E-state index contributed by atoms with van der Waals surface area (Å²) in [5, 5.41) is 3.84.